The molecule has 0 atom stereocenters. The molecule has 2 N–H and O–H groups in total. The van der Waals surface area contributed by atoms with Gasteiger partial charge < -0.3 is 10.1 Å². The van der Waals surface area contributed by atoms with E-state index in [1.807, 2.05) is 0 Å². The van der Waals surface area contributed by atoms with Crippen molar-refractivity contribution in [1.82, 2.24) is 14.0 Å². The van der Waals surface area contributed by atoms with Crippen LogP contribution in [0.2, 0.25) is 0 Å². The Morgan fingerprint density at radius 1 is 1.31 bits per heavy atom. The molecule has 1 heterocycles. The third-order valence-corrected chi connectivity index (χ3v) is 5.82. The van der Waals surface area contributed by atoms with Crippen LogP contribution in [-0.4, -0.2) is 57.0 Å². The number of aromatic nitrogens is 1. The zero-order chi connectivity index (χ0) is 19.2. The topological polar surface area (TPSA) is 101 Å². The number of alkyl halides is 1. The zero-order valence-corrected chi connectivity index (χ0v) is 15.8. The molecule has 1 aliphatic carbocycles. The van der Waals surface area contributed by atoms with Crippen LogP contribution in [-0.2, 0) is 15.0 Å². The SMILES string of the molecule is CN(C)S(=O)(=O)NC1CCC(C(=O)Nc2ccc(OCCF)nc2)CC1. The summed E-state index contributed by atoms with van der Waals surface area (Å²) in [6.07, 6.45) is 3.90. The highest BCUT2D eigenvalue weighted by molar-refractivity contribution is 7.87. The van der Waals surface area contributed by atoms with Crippen LogP contribution in [0.4, 0.5) is 10.1 Å². The lowest BCUT2D eigenvalue weighted by Gasteiger charge is -2.29. The Kier molecular flexibility index (Phi) is 7.30. The van der Waals surface area contributed by atoms with E-state index in [4.69, 9.17) is 4.74 Å². The van der Waals surface area contributed by atoms with E-state index < -0.39 is 16.9 Å². The largest absolute Gasteiger partial charge is 0.475 e. The summed E-state index contributed by atoms with van der Waals surface area (Å²) < 4.78 is 44.6. The van der Waals surface area contributed by atoms with Gasteiger partial charge in [0, 0.05) is 32.1 Å². The third-order valence-electron chi connectivity index (χ3n) is 4.23. The third kappa shape index (κ3) is 5.89. The first-order chi connectivity index (χ1) is 12.3. The van der Waals surface area contributed by atoms with Crippen molar-refractivity contribution in [3.05, 3.63) is 18.3 Å². The van der Waals surface area contributed by atoms with Crippen LogP contribution in [0, 0.1) is 5.92 Å². The molecule has 0 aliphatic heterocycles. The number of anilines is 1. The maximum atomic E-state index is 12.4. The summed E-state index contributed by atoms with van der Waals surface area (Å²) in [7, 11) is -0.505. The number of pyridine rings is 1. The smallest absolute Gasteiger partial charge is 0.279 e. The van der Waals surface area contributed by atoms with Gasteiger partial charge in [0.05, 0.1) is 11.9 Å². The van der Waals surface area contributed by atoms with Gasteiger partial charge in [0.15, 0.2) is 0 Å². The predicted octanol–water partition coefficient (Wildman–Crippen LogP) is 1.32. The molecule has 1 amide bonds. The normalized spacial score (nSPS) is 20.8. The minimum Gasteiger partial charge on any atom is -0.475 e. The lowest BCUT2D eigenvalue weighted by Crippen LogP contribution is -2.44. The molecular weight excluding hydrogens is 363 g/mol. The predicted molar refractivity (Wildman–Crippen MR) is 95.8 cm³/mol. The number of carbonyl (C=O) groups is 1. The van der Waals surface area contributed by atoms with Crippen molar-refractivity contribution >= 4 is 21.8 Å². The van der Waals surface area contributed by atoms with Gasteiger partial charge in [0.25, 0.3) is 10.2 Å². The zero-order valence-electron chi connectivity index (χ0n) is 14.9. The summed E-state index contributed by atoms with van der Waals surface area (Å²) in [5.41, 5.74) is 0.540. The van der Waals surface area contributed by atoms with Gasteiger partial charge in [-0.2, -0.15) is 17.4 Å². The lowest BCUT2D eigenvalue weighted by molar-refractivity contribution is -0.120. The summed E-state index contributed by atoms with van der Waals surface area (Å²) in [5.74, 6) is 0.0186. The first kappa shape index (κ1) is 20.5. The van der Waals surface area contributed by atoms with Crippen LogP contribution >= 0.6 is 0 Å². The van der Waals surface area contributed by atoms with E-state index >= 15 is 0 Å². The van der Waals surface area contributed by atoms with Crippen molar-refractivity contribution < 1.29 is 22.3 Å². The lowest BCUT2D eigenvalue weighted by atomic mass is 9.86. The van der Waals surface area contributed by atoms with Crippen molar-refractivity contribution in [1.29, 1.82) is 0 Å². The Bertz CT molecular complexity index is 689. The number of hydrogen-bond donors (Lipinski definition) is 2. The standard InChI is InChI=1S/C16H25FN4O4S/c1-21(2)26(23,24)20-13-5-3-12(4-6-13)16(22)19-14-7-8-15(18-11-14)25-10-9-17/h7-8,11-13,20H,3-6,9-10H2,1-2H3,(H,19,22). The second kappa shape index (κ2) is 9.24. The van der Waals surface area contributed by atoms with Crippen LogP contribution in [0.1, 0.15) is 25.7 Å². The first-order valence-electron chi connectivity index (χ1n) is 8.47. The van der Waals surface area contributed by atoms with Gasteiger partial charge in [-0.3, -0.25) is 4.79 Å². The molecule has 146 valence electrons. The first-order valence-corrected chi connectivity index (χ1v) is 9.91. The van der Waals surface area contributed by atoms with Crippen LogP contribution in [0.3, 0.4) is 0 Å². The minimum absolute atomic E-state index is 0.0560. The summed E-state index contributed by atoms with van der Waals surface area (Å²) in [6.45, 7) is -0.646. The van der Waals surface area contributed by atoms with Crippen LogP contribution in [0.25, 0.3) is 0 Å². The molecule has 1 saturated carbocycles. The molecule has 0 spiro atoms. The highest BCUT2D eigenvalue weighted by atomic mass is 32.2. The fourth-order valence-electron chi connectivity index (χ4n) is 2.72. The minimum atomic E-state index is -3.46. The maximum Gasteiger partial charge on any atom is 0.279 e. The van der Waals surface area contributed by atoms with E-state index in [-0.39, 0.29) is 24.5 Å². The summed E-state index contributed by atoms with van der Waals surface area (Å²) in [4.78, 5) is 16.4. The van der Waals surface area contributed by atoms with Crippen LogP contribution in [0.5, 0.6) is 5.88 Å². The van der Waals surface area contributed by atoms with Gasteiger partial charge in [-0.1, -0.05) is 0 Å². The molecule has 0 aromatic carbocycles. The monoisotopic (exact) mass is 388 g/mol. The Morgan fingerprint density at radius 2 is 2.00 bits per heavy atom. The molecule has 0 bridgehead atoms. The highest BCUT2D eigenvalue weighted by Crippen LogP contribution is 2.26. The van der Waals surface area contributed by atoms with E-state index in [1.165, 1.54) is 20.3 Å². The molecule has 8 nitrogen and oxygen atoms in total. The highest BCUT2D eigenvalue weighted by Gasteiger charge is 2.29. The molecule has 0 saturated heterocycles. The van der Waals surface area contributed by atoms with Crippen molar-refractivity contribution in [2.45, 2.75) is 31.7 Å². The molecule has 0 radical (unpaired) electrons. The van der Waals surface area contributed by atoms with E-state index in [9.17, 15) is 17.6 Å². The number of amides is 1. The van der Waals surface area contributed by atoms with E-state index in [0.717, 1.165) is 4.31 Å². The molecule has 26 heavy (non-hydrogen) atoms. The summed E-state index contributed by atoms with van der Waals surface area (Å²) in [6, 6.07) is 3.06. The van der Waals surface area contributed by atoms with Gasteiger partial charge in [0.1, 0.15) is 13.3 Å². The maximum absolute atomic E-state index is 12.4. The summed E-state index contributed by atoms with van der Waals surface area (Å²) in [5, 5.41) is 2.80. The Labute approximate surface area is 153 Å². The second-order valence-electron chi connectivity index (χ2n) is 6.37. The number of ether oxygens (including phenoxy) is 1. The average Bonchev–Trinajstić information content (AvgIpc) is 2.61. The number of carbonyl (C=O) groups excluding carboxylic acids is 1. The molecule has 1 aromatic rings. The molecular formula is C16H25FN4O4S. The fraction of sp³-hybridized carbons (Fsp3) is 0.625. The van der Waals surface area contributed by atoms with E-state index in [0.29, 0.717) is 37.3 Å². The van der Waals surface area contributed by atoms with Crippen LogP contribution < -0.4 is 14.8 Å². The number of hydrogen-bond acceptors (Lipinski definition) is 5. The van der Waals surface area contributed by atoms with E-state index in [2.05, 4.69) is 15.0 Å². The fourth-order valence-corrected chi connectivity index (χ4v) is 3.58. The van der Waals surface area contributed by atoms with Gasteiger partial charge in [-0.15, -0.1) is 0 Å². The quantitative estimate of drug-likeness (QED) is 0.700. The second-order valence-corrected chi connectivity index (χ2v) is 8.28. The molecule has 1 aliphatic rings. The van der Waals surface area contributed by atoms with Crippen molar-refractivity contribution in [2.24, 2.45) is 5.92 Å². The number of nitrogens with one attached hydrogen (secondary N) is 2. The number of halogens is 1. The molecule has 2 rings (SSSR count). The Balaban J connectivity index is 1.81. The summed E-state index contributed by atoms with van der Waals surface area (Å²) >= 11 is 0. The molecule has 10 heteroatoms. The van der Waals surface area contributed by atoms with Crippen molar-refractivity contribution in [3.8, 4) is 5.88 Å². The van der Waals surface area contributed by atoms with E-state index in [1.54, 1.807) is 12.1 Å². The van der Waals surface area contributed by atoms with Crippen LogP contribution in [0.15, 0.2) is 18.3 Å². The van der Waals surface area contributed by atoms with Crippen molar-refractivity contribution in [2.75, 3.05) is 32.7 Å². The van der Waals surface area contributed by atoms with Gasteiger partial charge >= 0.3 is 0 Å². The Hall–Kier alpha value is -1.78. The molecule has 0 unspecified atom stereocenters. The van der Waals surface area contributed by atoms with Gasteiger partial charge in [-0.25, -0.2) is 9.37 Å². The molecule has 1 fully saturated rings. The van der Waals surface area contributed by atoms with Gasteiger partial charge in [-0.05, 0) is 31.7 Å². The number of rotatable bonds is 8. The average molecular weight is 388 g/mol. The van der Waals surface area contributed by atoms with Gasteiger partial charge in [0.2, 0.25) is 11.8 Å². The van der Waals surface area contributed by atoms with Crippen molar-refractivity contribution in [3.63, 3.8) is 0 Å². The number of nitrogens with zero attached hydrogens (tertiary/aromatic N) is 2. The Morgan fingerprint density at radius 3 is 2.54 bits per heavy atom. The molecule has 1 aromatic heterocycles.